The van der Waals surface area contributed by atoms with Crippen LogP contribution in [0.2, 0.25) is 0 Å². The van der Waals surface area contributed by atoms with E-state index in [1.54, 1.807) is 17.4 Å². The van der Waals surface area contributed by atoms with Gasteiger partial charge in [-0.2, -0.15) is 0 Å². The third kappa shape index (κ3) is 2.44. The third-order valence-electron chi connectivity index (χ3n) is 3.13. The lowest BCUT2D eigenvalue weighted by Crippen LogP contribution is -2.06. The van der Waals surface area contributed by atoms with Gasteiger partial charge in [-0.3, -0.25) is 9.78 Å². The topological polar surface area (TPSA) is 45.8 Å². The second-order valence-electron chi connectivity index (χ2n) is 4.45. The van der Waals surface area contributed by atoms with E-state index in [0.29, 0.717) is 0 Å². The predicted molar refractivity (Wildman–Crippen MR) is 78.9 cm³/mol. The first kappa shape index (κ1) is 12.1. The van der Waals surface area contributed by atoms with E-state index in [1.807, 2.05) is 18.2 Å². The van der Waals surface area contributed by atoms with E-state index in [9.17, 15) is 4.79 Å². The second-order valence-corrected chi connectivity index (χ2v) is 5.49. The molecule has 0 bridgehead atoms. The molecule has 3 nitrogen and oxygen atoms in total. The molecule has 0 atom stereocenters. The van der Waals surface area contributed by atoms with Crippen molar-refractivity contribution in [2.45, 2.75) is 19.8 Å². The molecular weight excluding hydrogens is 256 g/mol. The molecule has 4 heteroatoms. The minimum absolute atomic E-state index is 0.0668. The summed E-state index contributed by atoms with van der Waals surface area (Å²) < 4.78 is 0. The summed E-state index contributed by atoms with van der Waals surface area (Å²) in [7, 11) is 0. The first-order valence-corrected chi connectivity index (χ1v) is 7.18. The Bertz CT molecular complexity index is 759. The Hall–Kier alpha value is -1.94. The van der Waals surface area contributed by atoms with Crippen molar-refractivity contribution in [1.82, 2.24) is 9.97 Å². The van der Waals surface area contributed by atoms with Crippen LogP contribution in [-0.2, 0) is 12.8 Å². The molecule has 3 heterocycles. The van der Waals surface area contributed by atoms with E-state index in [2.05, 4.69) is 23.4 Å². The highest BCUT2D eigenvalue weighted by atomic mass is 32.1. The summed E-state index contributed by atoms with van der Waals surface area (Å²) in [5.74, 6) is 0. The fourth-order valence-electron chi connectivity index (χ4n) is 2.18. The Balaban J connectivity index is 2.18. The highest BCUT2D eigenvalue weighted by Gasteiger charge is 2.07. The van der Waals surface area contributed by atoms with E-state index in [-0.39, 0.29) is 5.56 Å². The average Bonchev–Trinajstić information content (AvgIpc) is 2.90. The zero-order chi connectivity index (χ0) is 13.2. The molecule has 96 valence electrons. The lowest BCUT2D eigenvalue weighted by atomic mass is 10.1. The van der Waals surface area contributed by atoms with Gasteiger partial charge in [-0.15, -0.1) is 11.3 Å². The van der Waals surface area contributed by atoms with Gasteiger partial charge >= 0.3 is 0 Å². The predicted octanol–water partition coefficient (Wildman–Crippen LogP) is 3.14. The number of thiophene rings is 1. The molecule has 0 fully saturated rings. The first-order chi connectivity index (χ1) is 9.26. The van der Waals surface area contributed by atoms with Crippen LogP contribution in [0.15, 0.2) is 40.5 Å². The monoisotopic (exact) mass is 270 g/mol. The number of rotatable bonds is 3. The van der Waals surface area contributed by atoms with Gasteiger partial charge in [0, 0.05) is 28.4 Å². The lowest BCUT2D eigenvalue weighted by molar-refractivity contribution is 0.989. The molecule has 3 aromatic heterocycles. The van der Waals surface area contributed by atoms with Gasteiger partial charge in [-0.05, 0) is 30.0 Å². The normalized spacial score (nSPS) is 11.0. The summed E-state index contributed by atoms with van der Waals surface area (Å²) in [5.41, 5.74) is 2.86. The van der Waals surface area contributed by atoms with Crippen molar-refractivity contribution < 1.29 is 0 Å². The molecular formula is C15H14N2OS. The van der Waals surface area contributed by atoms with Crippen molar-refractivity contribution in [2.24, 2.45) is 0 Å². The van der Waals surface area contributed by atoms with Crippen LogP contribution >= 0.6 is 11.3 Å². The molecule has 0 saturated heterocycles. The van der Waals surface area contributed by atoms with E-state index in [4.69, 9.17) is 4.98 Å². The highest BCUT2D eigenvalue weighted by Crippen LogP contribution is 2.21. The van der Waals surface area contributed by atoms with E-state index >= 15 is 0 Å². The fourth-order valence-corrected chi connectivity index (χ4v) is 2.89. The second kappa shape index (κ2) is 4.97. The van der Waals surface area contributed by atoms with Crippen LogP contribution in [0.3, 0.4) is 0 Å². The van der Waals surface area contributed by atoms with Gasteiger partial charge in [0.1, 0.15) is 0 Å². The van der Waals surface area contributed by atoms with Crippen molar-refractivity contribution in [3.8, 4) is 0 Å². The van der Waals surface area contributed by atoms with Crippen molar-refractivity contribution in [3.05, 3.63) is 62.3 Å². The van der Waals surface area contributed by atoms with Crippen molar-refractivity contribution in [3.63, 3.8) is 0 Å². The molecule has 19 heavy (non-hydrogen) atoms. The summed E-state index contributed by atoms with van der Waals surface area (Å²) in [6.07, 6.45) is 1.68. The minimum atomic E-state index is -0.0668. The number of H-pyrrole nitrogens is 1. The molecule has 3 rings (SSSR count). The lowest BCUT2D eigenvalue weighted by Gasteiger charge is -2.07. The zero-order valence-corrected chi connectivity index (χ0v) is 11.5. The molecule has 0 unspecified atom stereocenters. The molecule has 0 aromatic carbocycles. The molecule has 0 saturated carbocycles. The van der Waals surface area contributed by atoms with Gasteiger partial charge in [-0.25, -0.2) is 0 Å². The van der Waals surface area contributed by atoms with E-state index in [1.165, 1.54) is 4.88 Å². The fraction of sp³-hybridized carbons (Fsp3) is 0.200. The van der Waals surface area contributed by atoms with Crippen LogP contribution in [0.4, 0.5) is 0 Å². The van der Waals surface area contributed by atoms with Crippen LogP contribution in [0, 0.1) is 0 Å². The Morgan fingerprint density at radius 3 is 2.95 bits per heavy atom. The summed E-state index contributed by atoms with van der Waals surface area (Å²) in [6, 6.07) is 9.56. The van der Waals surface area contributed by atoms with Gasteiger partial charge in [0.25, 0.3) is 0 Å². The molecule has 0 aliphatic heterocycles. The van der Waals surface area contributed by atoms with Crippen LogP contribution < -0.4 is 5.56 Å². The van der Waals surface area contributed by atoms with Gasteiger partial charge < -0.3 is 4.98 Å². The van der Waals surface area contributed by atoms with Crippen LogP contribution in [0.1, 0.15) is 23.2 Å². The largest absolute Gasteiger partial charge is 0.322 e. The summed E-state index contributed by atoms with van der Waals surface area (Å²) in [6.45, 7) is 2.07. The van der Waals surface area contributed by atoms with E-state index in [0.717, 1.165) is 35.1 Å². The van der Waals surface area contributed by atoms with Crippen molar-refractivity contribution in [1.29, 1.82) is 0 Å². The Morgan fingerprint density at radius 1 is 1.32 bits per heavy atom. The maximum Gasteiger partial charge on any atom is 0.248 e. The SMILES string of the molecule is CCc1cc2[nH]c(=O)ccc2c(Cc2cccs2)n1. The minimum Gasteiger partial charge on any atom is -0.322 e. The summed E-state index contributed by atoms with van der Waals surface area (Å²) >= 11 is 1.73. The maximum absolute atomic E-state index is 11.4. The van der Waals surface area contributed by atoms with E-state index < -0.39 is 0 Å². The first-order valence-electron chi connectivity index (χ1n) is 6.30. The van der Waals surface area contributed by atoms with Gasteiger partial charge in [0.2, 0.25) is 5.56 Å². The Labute approximate surface area is 115 Å². The average molecular weight is 270 g/mol. The number of nitrogens with one attached hydrogen (secondary N) is 1. The quantitative estimate of drug-likeness (QED) is 0.794. The summed E-state index contributed by atoms with van der Waals surface area (Å²) in [5, 5.41) is 3.11. The van der Waals surface area contributed by atoms with Crippen LogP contribution in [0.5, 0.6) is 0 Å². The Morgan fingerprint density at radius 2 is 2.21 bits per heavy atom. The number of aryl methyl sites for hydroxylation is 1. The van der Waals surface area contributed by atoms with Crippen molar-refractivity contribution in [2.75, 3.05) is 0 Å². The van der Waals surface area contributed by atoms with Crippen LogP contribution in [-0.4, -0.2) is 9.97 Å². The number of nitrogens with zero attached hydrogens (tertiary/aromatic N) is 1. The van der Waals surface area contributed by atoms with Gasteiger partial charge in [-0.1, -0.05) is 13.0 Å². The van der Waals surface area contributed by atoms with Crippen LogP contribution in [0.25, 0.3) is 10.9 Å². The molecule has 0 aliphatic carbocycles. The zero-order valence-electron chi connectivity index (χ0n) is 10.6. The molecule has 0 spiro atoms. The smallest absolute Gasteiger partial charge is 0.248 e. The standard InChI is InChI=1S/C15H14N2OS/c1-2-10-8-13-12(5-6-15(18)17-13)14(16-10)9-11-4-3-7-19-11/h3-8H,2,9H2,1H3,(H,17,18). The number of aromatic nitrogens is 2. The highest BCUT2D eigenvalue weighted by molar-refractivity contribution is 7.09. The Kier molecular flexibility index (Phi) is 3.17. The van der Waals surface area contributed by atoms with Crippen molar-refractivity contribution >= 4 is 22.2 Å². The number of hydrogen-bond acceptors (Lipinski definition) is 3. The van der Waals surface area contributed by atoms with Gasteiger partial charge in [0.05, 0.1) is 11.2 Å². The number of hydrogen-bond donors (Lipinski definition) is 1. The van der Waals surface area contributed by atoms with Gasteiger partial charge in [0.15, 0.2) is 0 Å². The summed E-state index contributed by atoms with van der Waals surface area (Å²) in [4.78, 5) is 20.3. The number of fused-ring (bicyclic) bond motifs is 1. The molecule has 1 N–H and O–H groups in total. The molecule has 0 amide bonds. The number of aromatic amines is 1. The third-order valence-corrected chi connectivity index (χ3v) is 4.01. The maximum atomic E-state index is 11.4. The molecule has 0 aliphatic rings. The molecule has 3 aromatic rings. The number of pyridine rings is 2. The molecule has 0 radical (unpaired) electrons.